The van der Waals surface area contributed by atoms with E-state index in [1.165, 1.54) is 16.4 Å². The molecule has 1 saturated heterocycles. The molecule has 0 bridgehead atoms. The molecule has 1 heterocycles. The minimum Gasteiger partial charge on any atom is -0.366 e. The molecule has 0 saturated carbocycles. The highest BCUT2D eigenvalue weighted by molar-refractivity contribution is 7.88. The van der Waals surface area contributed by atoms with Crippen LogP contribution in [0.2, 0.25) is 0 Å². The quantitative estimate of drug-likeness (QED) is 0.834. The summed E-state index contributed by atoms with van der Waals surface area (Å²) in [5, 5.41) is 2.74. The summed E-state index contributed by atoms with van der Waals surface area (Å²) in [5.74, 6) is -1.13. The molecule has 0 spiro atoms. The topological polar surface area (TPSA) is 110 Å². The second-order valence-corrected chi connectivity index (χ2v) is 7.37. The van der Waals surface area contributed by atoms with Crippen molar-refractivity contribution in [1.29, 1.82) is 0 Å². The van der Waals surface area contributed by atoms with Gasteiger partial charge in [-0.3, -0.25) is 9.59 Å². The molecule has 7 nitrogen and oxygen atoms in total. The van der Waals surface area contributed by atoms with Gasteiger partial charge in [0.1, 0.15) is 0 Å². The van der Waals surface area contributed by atoms with Crippen LogP contribution in [-0.4, -0.2) is 43.9 Å². The fraction of sp³-hybridized carbons (Fsp3) is 0.429. The zero-order valence-corrected chi connectivity index (χ0v) is 13.1. The van der Waals surface area contributed by atoms with Gasteiger partial charge in [0.2, 0.25) is 21.8 Å². The second-order valence-electron chi connectivity index (χ2n) is 5.39. The van der Waals surface area contributed by atoms with E-state index in [1.807, 2.05) is 0 Å². The van der Waals surface area contributed by atoms with Crippen molar-refractivity contribution in [2.75, 3.05) is 24.7 Å². The Labute approximate surface area is 129 Å². The lowest BCUT2D eigenvalue weighted by Crippen LogP contribution is -2.43. The SMILES string of the molecule is CS(=O)(=O)N1CCC[C@H](C(=O)Nc2ccc(C(N)=O)cc2)C1. The van der Waals surface area contributed by atoms with Crippen LogP contribution in [0.15, 0.2) is 24.3 Å². The van der Waals surface area contributed by atoms with Gasteiger partial charge in [-0.1, -0.05) is 0 Å². The van der Waals surface area contributed by atoms with Crippen molar-refractivity contribution >= 4 is 27.5 Å². The van der Waals surface area contributed by atoms with E-state index < -0.39 is 15.9 Å². The molecule has 0 aliphatic carbocycles. The maximum atomic E-state index is 12.2. The number of nitrogens with one attached hydrogen (secondary N) is 1. The van der Waals surface area contributed by atoms with Crippen LogP contribution in [0, 0.1) is 5.92 Å². The molecule has 0 radical (unpaired) electrons. The lowest BCUT2D eigenvalue weighted by Gasteiger charge is -2.30. The third-order valence-corrected chi connectivity index (χ3v) is 4.93. The number of hydrogen-bond donors (Lipinski definition) is 2. The molecule has 3 N–H and O–H groups in total. The van der Waals surface area contributed by atoms with E-state index >= 15 is 0 Å². The molecule has 1 fully saturated rings. The van der Waals surface area contributed by atoms with E-state index in [0.717, 1.165) is 6.26 Å². The van der Waals surface area contributed by atoms with E-state index in [4.69, 9.17) is 5.73 Å². The third kappa shape index (κ3) is 4.05. The number of primary amides is 1. The summed E-state index contributed by atoms with van der Waals surface area (Å²) in [4.78, 5) is 23.2. The number of carbonyl (C=O) groups excluding carboxylic acids is 2. The van der Waals surface area contributed by atoms with Crippen molar-refractivity contribution in [2.24, 2.45) is 11.7 Å². The summed E-state index contributed by atoms with van der Waals surface area (Å²) in [6, 6.07) is 6.24. The van der Waals surface area contributed by atoms with Crippen LogP contribution in [0.1, 0.15) is 23.2 Å². The van der Waals surface area contributed by atoms with Gasteiger partial charge in [-0.25, -0.2) is 12.7 Å². The van der Waals surface area contributed by atoms with Gasteiger partial charge in [0, 0.05) is 24.3 Å². The zero-order valence-electron chi connectivity index (χ0n) is 12.3. The van der Waals surface area contributed by atoms with Crippen LogP contribution in [0.5, 0.6) is 0 Å². The number of amides is 2. The number of sulfonamides is 1. The zero-order chi connectivity index (χ0) is 16.3. The average Bonchev–Trinajstić information content (AvgIpc) is 2.47. The standard InChI is InChI=1S/C14H19N3O4S/c1-22(20,21)17-8-2-3-11(9-17)14(19)16-12-6-4-10(5-7-12)13(15)18/h4-7,11H,2-3,8-9H2,1H3,(H2,15,18)(H,16,19)/t11-/m0/s1. The van der Waals surface area contributed by atoms with E-state index in [9.17, 15) is 18.0 Å². The number of nitrogens with two attached hydrogens (primary N) is 1. The Kier molecular flexibility index (Phi) is 4.82. The fourth-order valence-corrected chi connectivity index (χ4v) is 3.33. The molecule has 2 rings (SSSR count). The molecule has 1 atom stereocenters. The predicted molar refractivity (Wildman–Crippen MR) is 82.7 cm³/mol. The molecule has 1 aromatic carbocycles. The van der Waals surface area contributed by atoms with E-state index in [0.29, 0.717) is 30.6 Å². The lowest BCUT2D eigenvalue weighted by molar-refractivity contribution is -0.120. The number of nitrogens with zero attached hydrogens (tertiary/aromatic N) is 1. The molecule has 22 heavy (non-hydrogen) atoms. The highest BCUT2D eigenvalue weighted by atomic mass is 32.2. The van der Waals surface area contributed by atoms with Crippen molar-refractivity contribution < 1.29 is 18.0 Å². The molecule has 1 aromatic rings. The van der Waals surface area contributed by atoms with E-state index in [2.05, 4.69) is 5.32 Å². The molecular formula is C14H19N3O4S. The smallest absolute Gasteiger partial charge is 0.248 e. The third-order valence-electron chi connectivity index (χ3n) is 3.66. The number of hydrogen-bond acceptors (Lipinski definition) is 4. The van der Waals surface area contributed by atoms with E-state index in [1.54, 1.807) is 12.1 Å². The van der Waals surface area contributed by atoms with Gasteiger partial charge < -0.3 is 11.1 Å². The Hall–Kier alpha value is -1.93. The predicted octanol–water partition coefficient (Wildman–Crippen LogP) is 0.396. The van der Waals surface area contributed by atoms with E-state index in [-0.39, 0.29) is 18.4 Å². The Morgan fingerprint density at radius 2 is 1.91 bits per heavy atom. The monoisotopic (exact) mass is 325 g/mol. The highest BCUT2D eigenvalue weighted by Gasteiger charge is 2.30. The molecule has 2 amide bonds. The number of benzene rings is 1. The van der Waals surface area contributed by atoms with Crippen LogP contribution >= 0.6 is 0 Å². The Bertz CT molecular complexity index is 670. The van der Waals surface area contributed by atoms with Crippen molar-refractivity contribution in [3.63, 3.8) is 0 Å². The first-order valence-electron chi connectivity index (χ1n) is 6.93. The molecule has 1 aliphatic heterocycles. The second kappa shape index (κ2) is 6.45. The molecule has 0 aromatic heterocycles. The molecule has 120 valence electrons. The minimum atomic E-state index is -3.28. The van der Waals surface area contributed by atoms with Gasteiger partial charge in [0.15, 0.2) is 0 Å². The van der Waals surface area contributed by atoms with Crippen molar-refractivity contribution in [2.45, 2.75) is 12.8 Å². The van der Waals surface area contributed by atoms with Crippen LogP contribution in [0.25, 0.3) is 0 Å². The van der Waals surface area contributed by atoms with Crippen LogP contribution in [0.3, 0.4) is 0 Å². The Morgan fingerprint density at radius 3 is 2.45 bits per heavy atom. The Morgan fingerprint density at radius 1 is 1.27 bits per heavy atom. The first-order valence-corrected chi connectivity index (χ1v) is 8.78. The van der Waals surface area contributed by atoms with Crippen molar-refractivity contribution in [3.8, 4) is 0 Å². The minimum absolute atomic E-state index is 0.198. The van der Waals surface area contributed by atoms with Gasteiger partial charge >= 0.3 is 0 Å². The summed E-state index contributed by atoms with van der Waals surface area (Å²) < 4.78 is 24.5. The van der Waals surface area contributed by atoms with Gasteiger partial charge in [0.25, 0.3) is 0 Å². The van der Waals surface area contributed by atoms with Crippen LogP contribution in [-0.2, 0) is 14.8 Å². The average molecular weight is 325 g/mol. The maximum absolute atomic E-state index is 12.2. The first-order chi connectivity index (χ1) is 10.3. The summed E-state index contributed by atoms with van der Waals surface area (Å²) >= 11 is 0. The van der Waals surface area contributed by atoms with Gasteiger partial charge in [-0.05, 0) is 37.1 Å². The number of carbonyl (C=O) groups is 2. The molecular weight excluding hydrogens is 306 g/mol. The summed E-state index contributed by atoms with van der Waals surface area (Å²) in [7, 11) is -3.28. The maximum Gasteiger partial charge on any atom is 0.248 e. The normalized spacial score (nSPS) is 19.6. The molecule has 0 unspecified atom stereocenters. The fourth-order valence-electron chi connectivity index (χ4n) is 2.42. The van der Waals surface area contributed by atoms with Gasteiger partial charge in [0.05, 0.1) is 12.2 Å². The number of rotatable bonds is 4. The first kappa shape index (κ1) is 16.4. The Balaban J connectivity index is 2.01. The lowest BCUT2D eigenvalue weighted by atomic mass is 9.98. The van der Waals surface area contributed by atoms with Crippen molar-refractivity contribution in [3.05, 3.63) is 29.8 Å². The van der Waals surface area contributed by atoms with Crippen LogP contribution < -0.4 is 11.1 Å². The number of anilines is 1. The van der Waals surface area contributed by atoms with Gasteiger partial charge in [-0.2, -0.15) is 0 Å². The van der Waals surface area contributed by atoms with Gasteiger partial charge in [-0.15, -0.1) is 0 Å². The van der Waals surface area contributed by atoms with Crippen LogP contribution in [0.4, 0.5) is 5.69 Å². The molecule has 8 heteroatoms. The van der Waals surface area contributed by atoms with Crippen molar-refractivity contribution in [1.82, 2.24) is 4.31 Å². The molecule has 1 aliphatic rings. The largest absolute Gasteiger partial charge is 0.366 e. The summed E-state index contributed by atoms with van der Waals surface area (Å²) in [6.45, 7) is 0.653. The summed E-state index contributed by atoms with van der Waals surface area (Å²) in [6.07, 6.45) is 2.46. The number of piperidine rings is 1. The highest BCUT2D eigenvalue weighted by Crippen LogP contribution is 2.20. The summed E-state index contributed by atoms with van der Waals surface area (Å²) in [5.41, 5.74) is 6.06.